The number of carbonyl (C=O) groups excluding carboxylic acids is 1. The first-order valence-electron chi connectivity index (χ1n) is 4.29. The number of aromatic nitrogens is 2. The third-order valence-electron chi connectivity index (χ3n) is 1.64. The molecule has 16 heavy (non-hydrogen) atoms. The van der Waals surface area contributed by atoms with E-state index in [9.17, 15) is 18.0 Å². The Balaban J connectivity index is 2.51. The molecule has 90 valence electrons. The third kappa shape index (κ3) is 3.54. The number of amides is 1. The summed E-state index contributed by atoms with van der Waals surface area (Å²) in [4.78, 5) is 15.3. The summed E-state index contributed by atoms with van der Waals surface area (Å²) in [6, 6.07) is 1.44. The van der Waals surface area contributed by atoms with Crippen LogP contribution in [-0.4, -0.2) is 28.5 Å². The van der Waals surface area contributed by atoms with Crippen LogP contribution >= 0.6 is 0 Å². The van der Waals surface area contributed by atoms with Crippen LogP contribution in [0.4, 0.5) is 13.2 Å². The first kappa shape index (κ1) is 12.5. The summed E-state index contributed by atoms with van der Waals surface area (Å²) >= 11 is 0. The van der Waals surface area contributed by atoms with Gasteiger partial charge in [0, 0.05) is 7.05 Å². The minimum atomic E-state index is -4.48. The number of nitrogens with one attached hydrogen (secondary N) is 1. The zero-order valence-corrected chi connectivity index (χ0v) is 8.63. The Morgan fingerprint density at radius 3 is 2.69 bits per heavy atom. The highest BCUT2D eigenvalue weighted by Gasteiger charge is 2.28. The quantitative estimate of drug-likeness (QED) is 0.796. The van der Waals surface area contributed by atoms with Crippen LogP contribution in [0.2, 0.25) is 0 Å². The monoisotopic (exact) mass is 237 g/mol. The summed E-state index contributed by atoms with van der Waals surface area (Å²) in [5, 5.41) is 3.87. The first-order chi connectivity index (χ1) is 7.29. The molecular weight excluding hydrogens is 227 g/mol. The van der Waals surface area contributed by atoms with Crippen LogP contribution in [0.3, 0.4) is 0 Å². The molecule has 1 heterocycles. The molecule has 5 nitrogen and oxygen atoms in total. The number of alkyl halides is 3. The summed E-state index contributed by atoms with van der Waals surface area (Å²) < 4.78 is 36.3. The van der Waals surface area contributed by atoms with Gasteiger partial charge in [0.2, 0.25) is 0 Å². The van der Waals surface area contributed by atoms with Gasteiger partial charge in [-0.15, -0.1) is 0 Å². The number of aryl methyl sites for hydroxylation is 2. The molecule has 0 radical (unpaired) electrons. The summed E-state index contributed by atoms with van der Waals surface area (Å²) in [7, 11) is 1.51. The van der Waals surface area contributed by atoms with E-state index in [1.807, 2.05) is 0 Å². The van der Waals surface area contributed by atoms with Gasteiger partial charge in [0.25, 0.3) is 5.91 Å². The molecule has 1 rings (SSSR count). The van der Waals surface area contributed by atoms with E-state index in [4.69, 9.17) is 0 Å². The Labute approximate surface area is 89.1 Å². The topological polar surface area (TPSA) is 56.1 Å². The van der Waals surface area contributed by atoms with Crippen LogP contribution in [0.5, 0.6) is 0 Å². The van der Waals surface area contributed by atoms with Crippen LogP contribution < -0.4 is 5.48 Å². The Bertz CT molecular complexity index is 386. The van der Waals surface area contributed by atoms with E-state index >= 15 is 0 Å². The third-order valence-corrected chi connectivity index (χ3v) is 1.64. The first-order valence-corrected chi connectivity index (χ1v) is 4.29. The highest BCUT2D eigenvalue weighted by molar-refractivity contribution is 5.91. The van der Waals surface area contributed by atoms with Crippen LogP contribution in [0, 0.1) is 6.92 Å². The van der Waals surface area contributed by atoms with Gasteiger partial charge in [-0.25, -0.2) is 5.48 Å². The number of hydrogen-bond acceptors (Lipinski definition) is 3. The van der Waals surface area contributed by atoms with Crippen molar-refractivity contribution in [1.82, 2.24) is 15.3 Å². The molecule has 1 amide bonds. The average molecular weight is 237 g/mol. The molecule has 1 N–H and O–H groups in total. The van der Waals surface area contributed by atoms with E-state index in [0.717, 1.165) is 0 Å². The van der Waals surface area contributed by atoms with Crippen molar-refractivity contribution in [3.8, 4) is 0 Å². The summed E-state index contributed by atoms with van der Waals surface area (Å²) in [5.74, 6) is -0.771. The predicted octanol–water partition coefficient (Wildman–Crippen LogP) is 0.952. The van der Waals surface area contributed by atoms with Gasteiger partial charge in [0.15, 0.2) is 6.61 Å². The Hall–Kier alpha value is -1.57. The second-order valence-corrected chi connectivity index (χ2v) is 3.13. The zero-order valence-electron chi connectivity index (χ0n) is 8.63. The molecule has 0 bridgehead atoms. The Morgan fingerprint density at radius 2 is 2.25 bits per heavy atom. The highest BCUT2D eigenvalue weighted by Crippen LogP contribution is 2.13. The van der Waals surface area contributed by atoms with E-state index < -0.39 is 18.7 Å². The van der Waals surface area contributed by atoms with Gasteiger partial charge in [0.1, 0.15) is 5.69 Å². The molecule has 0 saturated heterocycles. The molecule has 8 heteroatoms. The molecule has 1 aromatic rings. The van der Waals surface area contributed by atoms with Gasteiger partial charge < -0.3 is 0 Å². The Kier molecular flexibility index (Phi) is 3.53. The van der Waals surface area contributed by atoms with Crippen molar-refractivity contribution in [1.29, 1.82) is 0 Å². The van der Waals surface area contributed by atoms with Gasteiger partial charge in [-0.3, -0.25) is 14.3 Å². The fourth-order valence-corrected chi connectivity index (χ4v) is 1.06. The normalized spacial score (nSPS) is 11.6. The molecule has 0 unspecified atom stereocenters. The smallest absolute Gasteiger partial charge is 0.265 e. The zero-order chi connectivity index (χ0) is 12.3. The van der Waals surface area contributed by atoms with Crippen LogP contribution in [0.1, 0.15) is 16.2 Å². The lowest BCUT2D eigenvalue weighted by Crippen LogP contribution is -2.30. The van der Waals surface area contributed by atoms with Crippen LogP contribution in [0.15, 0.2) is 6.07 Å². The highest BCUT2D eigenvalue weighted by atomic mass is 19.4. The lowest BCUT2D eigenvalue weighted by molar-refractivity contribution is -0.184. The maximum atomic E-state index is 11.7. The van der Waals surface area contributed by atoms with Crippen molar-refractivity contribution in [2.75, 3.05) is 6.61 Å². The van der Waals surface area contributed by atoms with E-state index in [1.54, 1.807) is 12.4 Å². The van der Waals surface area contributed by atoms with Gasteiger partial charge >= 0.3 is 6.18 Å². The second kappa shape index (κ2) is 4.52. The summed E-state index contributed by atoms with van der Waals surface area (Å²) in [5.41, 5.74) is 2.40. The van der Waals surface area contributed by atoms with E-state index in [1.165, 1.54) is 17.8 Å². The standard InChI is InChI=1S/C8H10F3N3O2/c1-5-3-6(14(2)12-5)7(15)13-16-4-8(9,10)11/h3H,4H2,1-2H3,(H,13,15). The fraction of sp³-hybridized carbons (Fsp3) is 0.500. The minimum Gasteiger partial charge on any atom is -0.265 e. The molecule has 0 spiro atoms. The molecule has 0 fully saturated rings. The molecule has 0 aliphatic heterocycles. The van der Waals surface area contributed by atoms with Crippen molar-refractivity contribution < 1.29 is 22.8 Å². The predicted molar refractivity (Wildman–Crippen MR) is 47.4 cm³/mol. The summed E-state index contributed by atoms with van der Waals surface area (Å²) in [6.45, 7) is 0.128. The molecule has 0 aliphatic rings. The van der Waals surface area contributed by atoms with Gasteiger partial charge in [-0.1, -0.05) is 0 Å². The lowest BCUT2D eigenvalue weighted by atomic mass is 10.3. The number of carbonyl (C=O) groups is 1. The number of nitrogens with zero attached hydrogens (tertiary/aromatic N) is 2. The number of hydrogen-bond donors (Lipinski definition) is 1. The number of hydroxylamine groups is 1. The average Bonchev–Trinajstić information content (AvgIpc) is 2.43. The Morgan fingerprint density at radius 1 is 1.62 bits per heavy atom. The number of halogens is 3. The van der Waals surface area contributed by atoms with E-state index in [2.05, 4.69) is 9.94 Å². The molecule has 0 atom stereocenters. The molecule has 0 aromatic carbocycles. The fourth-order valence-electron chi connectivity index (χ4n) is 1.06. The van der Waals surface area contributed by atoms with Crippen molar-refractivity contribution in [2.45, 2.75) is 13.1 Å². The minimum absolute atomic E-state index is 0.125. The summed E-state index contributed by atoms with van der Waals surface area (Å²) in [6.07, 6.45) is -4.48. The molecular formula is C8H10F3N3O2. The van der Waals surface area contributed by atoms with Crippen molar-refractivity contribution >= 4 is 5.91 Å². The molecule has 1 aromatic heterocycles. The van der Waals surface area contributed by atoms with E-state index in [0.29, 0.717) is 5.69 Å². The number of rotatable bonds is 3. The largest absolute Gasteiger partial charge is 0.414 e. The maximum Gasteiger partial charge on any atom is 0.414 e. The van der Waals surface area contributed by atoms with Crippen molar-refractivity contribution in [3.63, 3.8) is 0 Å². The SMILES string of the molecule is Cc1cc(C(=O)NOCC(F)(F)F)n(C)n1. The van der Waals surface area contributed by atoms with Gasteiger partial charge in [-0.2, -0.15) is 18.3 Å². The molecule has 0 saturated carbocycles. The van der Waals surface area contributed by atoms with Gasteiger partial charge in [-0.05, 0) is 13.0 Å². The molecule has 0 aliphatic carbocycles. The van der Waals surface area contributed by atoms with E-state index in [-0.39, 0.29) is 5.69 Å². The van der Waals surface area contributed by atoms with Gasteiger partial charge in [0.05, 0.1) is 5.69 Å². The van der Waals surface area contributed by atoms with Crippen LogP contribution in [0.25, 0.3) is 0 Å². The lowest BCUT2D eigenvalue weighted by Gasteiger charge is -2.07. The second-order valence-electron chi connectivity index (χ2n) is 3.13. The van der Waals surface area contributed by atoms with Crippen molar-refractivity contribution in [2.24, 2.45) is 7.05 Å². The van der Waals surface area contributed by atoms with Crippen LogP contribution in [-0.2, 0) is 11.9 Å². The van der Waals surface area contributed by atoms with Crippen molar-refractivity contribution in [3.05, 3.63) is 17.5 Å². The maximum absolute atomic E-state index is 11.7.